The third-order valence-electron chi connectivity index (χ3n) is 3.26. The number of rotatable bonds is 4. The second kappa shape index (κ2) is 5.84. The van der Waals surface area contributed by atoms with Crippen LogP contribution in [0.25, 0.3) is 0 Å². The molecule has 0 aliphatic carbocycles. The van der Waals surface area contributed by atoms with Crippen molar-refractivity contribution in [2.45, 2.75) is 39.5 Å². The summed E-state index contributed by atoms with van der Waals surface area (Å²) in [6.45, 7) is 7.50. The van der Waals surface area contributed by atoms with Crippen LogP contribution in [0, 0.1) is 6.92 Å². The minimum absolute atomic E-state index is 0.970. The Morgan fingerprint density at radius 1 is 1.24 bits per heavy atom. The summed E-state index contributed by atoms with van der Waals surface area (Å²) in [5.74, 6) is 2.10. The number of nitrogens with one attached hydrogen (secondary N) is 1. The van der Waals surface area contributed by atoms with Crippen LogP contribution in [-0.4, -0.2) is 29.6 Å². The molecular formula is C13H22N4. The fourth-order valence-corrected chi connectivity index (χ4v) is 2.29. The molecule has 0 saturated carbocycles. The summed E-state index contributed by atoms with van der Waals surface area (Å²) in [7, 11) is 0. The molecule has 4 heteroatoms. The molecule has 0 atom stereocenters. The maximum Gasteiger partial charge on any atom is 0.137 e. The highest BCUT2D eigenvalue weighted by Gasteiger charge is 2.16. The highest BCUT2D eigenvalue weighted by atomic mass is 15.2. The van der Waals surface area contributed by atoms with E-state index in [0.29, 0.717) is 0 Å². The summed E-state index contributed by atoms with van der Waals surface area (Å²) >= 11 is 0. The van der Waals surface area contributed by atoms with Crippen molar-refractivity contribution in [1.29, 1.82) is 0 Å². The van der Waals surface area contributed by atoms with Crippen molar-refractivity contribution in [1.82, 2.24) is 9.97 Å². The number of hydrogen-bond donors (Lipinski definition) is 1. The Balaban J connectivity index is 2.15. The highest BCUT2D eigenvalue weighted by molar-refractivity contribution is 5.57. The molecule has 1 N–H and O–H groups in total. The monoisotopic (exact) mass is 234 g/mol. The molecule has 1 saturated heterocycles. The van der Waals surface area contributed by atoms with Crippen molar-refractivity contribution in [3.63, 3.8) is 0 Å². The van der Waals surface area contributed by atoms with Crippen LogP contribution in [0.4, 0.5) is 11.6 Å². The van der Waals surface area contributed by atoms with Crippen LogP contribution in [-0.2, 0) is 0 Å². The Hall–Kier alpha value is -1.32. The van der Waals surface area contributed by atoms with Crippen molar-refractivity contribution in [3.8, 4) is 0 Å². The lowest BCUT2D eigenvalue weighted by molar-refractivity contribution is 0.572. The van der Waals surface area contributed by atoms with Gasteiger partial charge in [-0.05, 0) is 32.6 Å². The van der Waals surface area contributed by atoms with Gasteiger partial charge in [0.05, 0.1) is 0 Å². The fourth-order valence-electron chi connectivity index (χ4n) is 2.29. The predicted molar refractivity (Wildman–Crippen MR) is 71.6 cm³/mol. The molecular weight excluding hydrogens is 212 g/mol. The highest BCUT2D eigenvalue weighted by Crippen LogP contribution is 2.24. The Morgan fingerprint density at radius 3 is 2.71 bits per heavy atom. The number of anilines is 2. The number of piperidine rings is 1. The molecule has 0 radical (unpaired) electrons. The maximum atomic E-state index is 4.45. The second-order valence-corrected chi connectivity index (χ2v) is 4.65. The van der Waals surface area contributed by atoms with E-state index < -0.39 is 0 Å². The molecule has 2 heterocycles. The standard InChI is InChI=1S/C13H22N4/c1-3-7-14-12-11(2)13(16-10-15-12)17-8-5-4-6-9-17/h10H,3-9H2,1-2H3,(H,14,15,16). The van der Waals surface area contributed by atoms with Crippen molar-refractivity contribution in [2.24, 2.45) is 0 Å². The average Bonchev–Trinajstić information content (AvgIpc) is 2.39. The van der Waals surface area contributed by atoms with E-state index in [9.17, 15) is 0 Å². The lowest BCUT2D eigenvalue weighted by Crippen LogP contribution is -2.31. The van der Waals surface area contributed by atoms with Crippen LogP contribution < -0.4 is 10.2 Å². The predicted octanol–water partition coefficient (Wildman–Crippen LogP) is 2.60. The second-order valence-electron chi connectivity index (χ2n) is 4.65. The molecule has 0 unspecified atom stereocenters. The van der Waals surface area contributed by atoms with Gasteiger partial charge in [-0.3, -0.25) is 0 Å². The van der Waals surface area contributed by atoms with E-state index in [1.807, 2.05) is 0 Å². The molecule has 1 aliphatic heterocycles. The van der Waals surface area contributed by atoms with Crippen LogP contribution in [0.5, 0.6) is 0 Å². The first-order valence-corrected chi connectivity index (χ1v) is 6.63. The first-order chi connectivity index (χ1) is 8.33. The molecule has 0 spiro atoms. The van der Waals surface area contributed by atoms with E-state index in [1.165, 1.54) is 24.8 Å². The molecule has 1 aromatic rings. The van der Waals surface area contributed by atoms with Crippen LogP contribution in [0.15, 0.2) is 6.33 Å². The molecule has 4 nitrogen and oxygen atoms in total. The van der Waals surface area contributed by atoms with Crippen molar-refractivity contribution in [2.75, 3.05) is 29.9 Å². The summed E-state index contributed by atoms with van der Waals surface area (Å²) in [5.41, 5.74) is 1.18. The number of aromatic nitrogens is 2. The number of nitrogens with zero attached hydrogens (tertiary/aromatic N) is 3. The zero-order valence-electron chi connectivity index (χ0n) is 10.9. The van der Waals surface area contributed by atoms with E-state index in [0.717, 1.165) is 37.7 Å². The lowest BCUT2D eigenvalue weighted by atomic mass is 10.1. The Bertz CT molecular complexity index is 358. The molecule has 0 bridgehead atoms. The third kappa shape index (κ3) is 2.87. The minimum Gasteiger partial charge on any atom is -0.370 e. The molecule has 17 heavy (non-hydrogen) atoms. The minimum atomic E-state index is 0.970. The normalized spacial score (nSPS) is 16.0. The van der Waals surface area contributed by atoms with Crippen LogP contribution in [0.3, 0.4) is 0 Å². The van der Waals surface area contributed by atoms with Crippen LogP contribution in [0.2, 0.25) is 0 Å². The van der Waals surface area contributed by atoms with Gasteiger partial charge >= 0.3 is 0 Å². The molecule has 1 aromatic heterocycles. The summed E-state index contributed by atoms with van der Waals surface area (Å²) in [5, 5.41) is 3.36. The van der Waals surface area contributed by atoms with Gasteiger partial charge in [0, 0.05) is 25.2 Å². The van der Waals surface area contributed by atoms with Gasteiger partial charge in [-0.15, -0.1) is 0 Å². The topological polar surface area (TPSA) is 41.1 Å². The first kappa shape index (κ1) is 12.1. The van der Waals surface area contributed by atoms with Gasteiger partial charge in [-0.1, -0.05) is 6.92 Å². The quantitative estimate of drug-likeness (QED) is 0.869. The first-order valence-electron chi connectivity index (χ1n) is 6.63. The van der Waals surface area contributed by atoms with E-state index >= 15 is 0 Å². The molecule has 2 rings (SSSR count). The lowest BCUT2D eigenvalue weighted by Gasteiger charge is -2.29. The molecule has 0 aromatic carbocycles. The Morgan fingerprint density at radius 2 is 2.00 bits per heavy atom. The van der Waals surface area contributed by atoms with Gasteiger partial charge in [-0.25, -0.2) is 9.97 Å². The largest absolute Gasteiger partial charge is 0.370 e. The molecule has 1 aliphatic rings. The van der Waals surface area contributed by atoms with Gasteiger partial charge in [0.2, 0.25) is 0 Å². The molecule has 0 amide bonds. The van der Waals surface area contributed by atoms with Gasteiger partial charge in [0.15, 0.2) is 0 Å². The van der Waals surface area contributed by atoms with Crippen molar-refractivity contribution >= 4 is 11.6 Å². The average molecular weight is 234 g/mol. The van der Waals surface area contributed by atoms with Gasteiger partial charge in [0.25, 0.3) is 0 Å². The third-order valence-corrected chi connectivity index (χ3v) is 3.26. The molecule has 94 valence electrons. The van der Waals surface area contributed by atoms with Gasteiger partial charge < -0.3 is 10.2 Å². The Labute approximate surface area is 103 Å². The summed E-state index contributed by atoms with van der Waals surface area (Å²) in [4.78, 5) is 11.2. The Kier molecular flexibility index (Phi) is 4.18. The van der Waals surface area contributed by atoms with Gasteiger partial charge in [-0.2, -0.15) is 0 Å². The summed E-state index contributed by atoms with van der Waals surface area (Å²) in [6.07, 6.45) is 6.70. The maximum absolute atomic E-state index is 4.45. The number of hydrogen-bond acceptors (Lipinski definition) is 4. The van der Waals surface area contributed by atoms with E-state index in [1.54, 1.807) is 6.33 Å². The van der Waals surface area contributed by atoms with Crippen LogP contribution >= 0.6 is 0 Å². The molecule has 1 fully saturated rings. The van der Waals surface area contributed by atoms with E-state index in [2.05, 4.69) is 34.0 Å². The van der Waals surface area contributed by atoms with Crippen molar-refractivity contribution in [3.05, 3.63) is 11.9 Å². The summed E-state index contributed by atoms with van der Waals surface area (Å²) < 4.78 is 0. The SMILES string of the molecule is CCCNc1ncnc(N2CCCCC2)c1C. The van der Waals surface area contributed by atoms with Gasteiger partial charge in [0.1, 0.15) is 18.0 Å². The smallest absolute Gasteiger partial charge is 0.137 e. The fraction of sp³-hybridized carbons (Fsp3) is 0.692. The van der Waals surface area contributed by atoms with E-state index in [-0.39, 0.29) is 0 Å². The zero-order chi connectivity index (χ0) is 12.1. The van der Waals surface area contributed by atoms with E-state index in [4.69, 9.17) is 0 Å². The van der Waals surface area contributed by atoms with Crippen LogP contribution in [0.1, 0.15) is 38.2 Å². The van der Waals surface area contributed by atoms with Crippen molar-refractivity contribution < 1.29 is 0 Å². The summed E-state index contributed by atoms with van der Waals surface area (Å²) in [6, 6.07) is 0. The zero-order valence-corrected chi connectivity index (χ0v) is 10.9.